The van der Waals surface area contributed by atoms with Crippen molar-refractivity contribution in [3.8, 4) is 0 Å². The summed E-state index contributed by atoms with van der Waals surface area (Å²) in [6.07, 6.45) is 3.24. The first kappa shape index (κ1) is 15.7. The van der Waals surface area contributed by atoms with Crippen molar-refractivity contribution >= 4 is 11.7 Å². The van der Waals surface area contributed by atoms with E-state index in [-0.39, 0.29) is 11.8 Å². The summed E-state index contributed by atoms with van der Waals surface area (Å²) in [5, 5.41) is 2.75. The normalized spacial score (nSPS) is 10.4. The Hall–Kier alpha value is -3.15. The van der Waals surface area contributed by atoms with Crippen LogP contribution in [0.15, 0.2) is 71.5 Å². The number of anilines is 1. The van der Waals surface area contributed by atoms with Crippen LogP contribution in [0.3, 0.4) is 0 Å². The molecule has 1 N–H and O–H groups in total. The van der Waals surface area contributed by atoms with Crippen LogP contribution in [0.5, 0.6) is 0 Å². The molecule has 1 aromatic carbocycles. The summed E-state index contributed by atoms with van der Waals surface area (Å²) in [6, 6.07) is 14.4. The van der Waals surface area contributed by atoms with Gasteiger partial charge in [-0.1, -0.05) is 6.07 Å². The molecule has 0 aliphatic carbocycles. The monoisotopic (exact) mass is 325 g/mol. The van der Waals surface area contributed by atoms with Gasteiger partial charge < -0.3 is 14.6 Å². The van der Waals surface area contributed by atoms with Gasteiger partial charge in [-0.05, 0) is 48.5 Å². The van der Waals surface area contributed by atoms with Crippen molar-refractivity contribution in [1.82, 2.24) is 9.88 Å². The van der Waals surface area contributed by atoms with Crippen molar-refractivity contribution in [2.75, 3.05) is 5.32 Å². The van der Waals surface area contributed by atoms with E-state index >= 15 is 0 Å². The number of hydrogen-bond donors (Lipinski definition) is 1. The van der Waals surface area contributed by atoms with Crippen molar-refractivity contribution in [3.63, 3.8) is 0 Å². The predicted molar refractivity (Wildman–Crippen MR) is 87.6 cm³/mol. The Bertz CT molecular complexity index is 774. The maximum atomic E-state index is 13.0. The summed E-state index contributed by atoms with van der Waals surface area (Å²) < 4.78 is 18.3. The third kappa shape index (κ3) is 4.19. The van der Waals surface area contributed by atoms with E-state index in [2.05, 4.69) is 10.3 Å². The number of benzene rings is 1. The highest BCUT2D eigenvalue weighted by molar-refractivity contribution is 5.89. The number of halogens is 1. The molecule has 0 saturated heterocycles. The lowest BCUT2D eigenvalue weighted by atomic mass is 10.3. The molecular weight excluding hydrogens is 309 g/mol. The smallest absolute Gasteiger partial charge is 0.322 e. The number of urea groups is 1. The third-order valence-corrected chi connectivity index (χ3v) is 3.39. The summed E-state index contributed by atoms with van der Waals surface area (Å²) >= 11 is 0. The molecular formula is C18H16FN3O2. The van der Waals surface area contributed by atoms with E-state index in [0.29, 0.717) is 24.5 Å². The Morgan fingerprint density at radius 2 is 1.92 bits per heavy atom. The van der Waals surface area contributed by atoms with Crippen LogP contribution in [0.1, 0.15) is 11.5 Å². The van der Waals surface area contributed by atoms with E-state index < -0.39 is 0 Å². The van der Waals surface area contributed by atoms with Crippen molar-refractivity contribution in [2.45, 2.75) is 13.1 Å². The minimum absolute atomic E-state index is 0.302. The fourth-order valence-corrected chi connectivity index (χ4v) is 2.21. The molecule has 0 spiro atoms. The number of nitrogens with zero attached hydrogens (tertiary/aromatic N) is 2. The number of furan rings is 1. The van der Waals surface area contributed by atoms with Crippen LogP contribution in [-0.2, 0) is 13.1 Å². The molecule has 122 valence electrons. The number of pyridine rings is 1. The zero-order valence-corrected chi connectivity index (χ0v) is 12.9. The molecule has 5 nitrogen and oxygen atoms in total. The number of amides is 2. The van der Waals surface area contributed by atoms with Crippen LogP contribution in [0.4, 0.5) is 14.9 Å². The van der Waals surface area contributed by atoms with Crippen molar-refractivity contribution in [2.24, 2.45) is 0 Å². The number of carbonyl (C=O) groups excluding carboxylic acids is 1. The molecule has 0 aliphatic heterocycles. The molecule has 2 amide bonds. The number of carbonyl (C=O) groups is 1. The first-order valence-electron chi connectivity index (χ1n) is 7.44. The topological polar surface area (TPSA) is 58.4 Å². The number of hydrogen-bond acceptors (Lipinski definition) is 3. The molecule has 3 rings (SSSR count). The predicted octanol–water partition coefficient (Wildman–Crippen LogP) is 4.05. The number of aromatic nitrogens is 1. The quantitative estimate of drug-likeness (QED) is 0.770. The van der Waals surface area contributed by atoms with Gasteiger partial charge in [0.1, 0.15) is 11.6 Å². The largest absolute Gasteiger partial charge is 0.467 e. The zero-order valence-electron chi connectivity index (χ0n) is 12.9. The van der Waals surface area contributed by atoms with Gasteiger partial charge in [-0.15, -0.1) is 0 Å². The molecule has 0 fully saturated rings. The SMILES string of the molecule is O=C(Nc1ccc(F)cc1)N(Cc1ccccn1)Cc1ccco1. The van der Waals surface area contributed by atoms with E-state index in [1.807, 2.05) is 18.2 Å². The molecule has 24 heavy (non-hydrogen) atoms. The Morgan fingerprint density at radius 3 is 2.58 bits per heavy atom. The summed E-state index contributed by atoms with van der Waals surface area (Å²) in [7, 11) is 0. The average Bonchev–Trinajstić information content (AvgIpc) is 3.10. The molecule has 2 heterocycles. The minimum Gasteiger partial charge on any atom is -0.467 e. The molecule has 0 atom stereocenters. The van der Waals surface area contributed by atoms with Gasteiger partial charge in [0, 0.05) is 11.9 Å². The summed E-state index contributed by atoms with van der Waals surface area (Å²) in [6.45, 7) is 0.630. The van der Waals surface area contributed by atoms with Gasteiger partial charge in [-0.2, -0.15) is 0 Å². The number of rotatable bonds is 5. The average molecular weight is 325 g/mol. The van der Waals surface area contributed by atoms with Gasteiger partial charge in [0.05, 0.1) is 25.0 Å². The standard InChI is InChI=1S/C18H16FN3O2/c19-14-6-8-15(9-7-14)21-18(23)22(13-17-5-3-11-24-17)12-16-4-1-2-10-20-16/h1-11H,12-13H2,(H,21,23). The highest BCUT2D eigenvalue weighted by atomic mass is 19.1. The van der Waals surface area contributed by atoms with Crippen LogP contribution in [0.2, 0.25) is 0 Å². The van der Waals surface area contributed by atoms with E-state index in [0.717, 1.165) is 5.69 Å². The van der Waals surface area contributed by atoms with Crippen LogP contribution >= 0.6 is 0 Å². The molecule has 6 heteroatoms. The lowest BCUT2D eigenvalue weighted by molar-refractivity contribution is 0.200. The van der Waals surface area contributed by atoms with Gasteiger partial charge in [-0.25, -0.2) is 9.18 Å². The van der Waals surface area contributed by atoms with Crippen LogP contribution in [0.25, 0.3) is 0 Å². The van der Waals surface area contributed by atoms with Gasteiger partial charge in [0.25, 0.3) is 0 Å². The summed E-state index contributed by atoms with van der Waals surface area (Å²) in [4.78, 5) is 18.4. The van der Waals surface area contributed by atoms with Crippen LogP contribution < -0.4 is 5.32 Å². The van der Waals surface area contributed by atoms with E-state index in [1.54, 1.807) is 29.5 Å². The molecule has 0 bridgehead atoms. The van der Waals surface area contributed by atoms with E-state index in [4.69, 9.17) is 4.42 Å². The maximum absolute atomic E-state index is 13.0. The Morgan fingerprint density at radius 1 is 1.08 bits per heavy atom. The molecule has 2 aromatic heterocycles. The molecule has 0 saturated carbocycles. The Labute approximate surface area is 138 Å². The Kier molecular flexibility index (Phi) is 4.86. The lowest BCUT2D eigenvalue weighted by Gasteiger charge is -2.22. The summed E-state index contributed by atoms with van der Waals surface area (Å²) in [5.74, 6) is 0.314. The molecule has 0 radical (unpaired) electrons. The van der Waals surface area contributed by atoms with Crippen LogP contribution in [-0.4, -0.2) is 15.9 Å². The second-order valence-electron chi connectivity index (χ2n) is 5.19. The maximum Gasteiger partial charge on any atom is 0.322 e. The minimum atomic E-state index is -0.353. The fourth-order valence-electron chi connectivity index (χ4n) is 2.21. The second-order valence-corrected chi connectivity index (χ2v) is 5.19. The lowest BCUT2D eigenvalue weighted by Crippen LogP contribution is -2.34. The fraction of sp³-hybridized carbons (Fsp3) is 0.111. The molecule has 3 aromatic rings. The third-order valence-electron chi connectivity index (χ3n) is 3.39. The Balaban J connectivity index is 1.74. The van der Waals surface area contributed by atoms with Gasteiger partial charge in [0.2, 0.25) is 0 Å². The van der Waals surface area contributed by atoms with Crippen molar-refractivity contribution in [1.29, 1.82) is 0 Å². The molecule has 0 aliphatic rings. The van der Waals surface area contributed by atoms with Gasteiger partial charge in [-0.3, -0.25) is 4.98 Å². The first-order chi connectivity index (χ1) is 11.7. The highest BCUT2D eigenvalue weighted by Crippen LogP contribution is 2.13. The highest BCUT2D eigenvalue weighted by Gasteiger charge is 2.16. The van der Waals surface area contributed by atoms with Crippen molar-refractivity contribution in [3.05, 3.63) is 84.3 Å². The second kappa shape index (κ2) is 7.41. The van der Waals surface area contributed by atoms with Gasteiger partial charge >= 0.3 is 6.03 Å². The van der Waals surface area contributed by atoms with E-state index in [9.17, 15) is 9.18 Å². The van der Waals surface area contributed by atoms with Crippen molar-refractivity contribution < 1.29 is 13.6 Å². The molecule has 0 unspecified atom stereocenters. The first-order valence-corrected chi connectivity index (χ1v) is 7.44. The number of nitrogens with one attached hydrogen (secondary N) is 1. The van der Waals surface area contributed by atoms with E-state index in [1.165, 1.54) is 24.3 Å². The summed E-state index contributed by atoms with van der Waals surface area (Å²) in [5.41, 5.74) is 1.28. The van der Waals surface area contributed by atoms with Gasteiger partial charge in [0.15, 0.2) is 0 Å². The van der Waals surface area contributed by atoms with Crippen LogP contribution in [0, 0.1) is 5.82 Å². The zero-order chi connectivity index (χ0) is 16.8.